The second-order valence-corrected chi connectivity index (χ2v) is 8.25. The van der Waals surface area contributed by atoms with Crippen molar-refractivity contribution in [1.29, 1.82) is 0 Å². The molecule has 6 heteroatoms. The summed E-state index contributed by atoms with van der Waals surface area (Å²) in [7, 11) is 0. The van der Waals surface area contributed by atoms with Crippen LogP contribution in [0.5, 0.6) is 5.75 Å². The van der Waals surface area contributed by atoms with E-state index in [4.69, 9.17) is 27.9 Å². The largest absolute Gasteiger partial charge is 0.487 e. The fourth-order valence-corrected chi connectivity index (χ4v) is 4.12. The van der Waals surface area contributed by atoms with Crippen molar-refractivity contribution < 1.29 is 4.74 Å². The molecule has 0 spiro atoms. The van der Waals surface area contributed by atoms with Crippen LogP contribution in [0.2, 0.25) is 10.0 Å². The molecule has 0 saturated carbocycles. The van der Waals surface area contributed by atoms with E-state index < -0.39 is 0 Å². The van der Waals surface area contributed by atoms with E-state index in [1.165, 1.54) is 0 Å². The van der Waals surface area contributed by atoms with E-state index in [9.17, 15) is 0 Å². The molecule has 0 amide bonds. The van der Waals surface area contributed by atoms with Crippen molar-refractivity contribution >= 4 is 60.7 Å². The quantitative estimate of drug-likeness (QED) is 0.363. The van der Waals surface area contributed by atoms with Gasteiger partial charge in [-0.2, -0.15) is 0 Å². The number of halogens is 4. The minimum absolute atomic E-state index is 0.469. The van der Waals surface area contributed by atoms with Crippen LogP contribution in [0.15, 0.2) is 69.6 Å². The molecule has 0 aliphatic carbocycles. The molecule has 0 heterocycles. The Morgan fingerprint density at radius 2 is 1.31 bits per heavy atom. The first kappa shape index (κ1) is 19.6. The number of anilines is 1. The van der Waals surface area contributed by atoms with Gasteiger partial charge in [-0.3, -0.25) is 0 Å². The van der Waals surface area contributed by atoms with Gasteiger partial charge in [0.15, 0.2) is 0 Å². The van der Waals surface area contributed by atoms with Gasteiger partial charge in [0.1, 0.15) is 12.4 Å². The van der Waals surface area contributed by atoms with E-state index in [0.29, 0.717) is 18.2 Å². The number of benzene rings is 3. The predicted octanol–water partition coefficient (Wildman–Crippen LogP) is 7.71. The number of ether oxygens (including phenoxy) is 1. The van der Waals surface area contributed by atoms with Gasteiger partial charge < -0.3 is 10.1 Å². The minimum Gasteiger partial charge on any atom is -0.487 e. The van der Waals surface area contributed by atoms with Crippen molar-refractivity contribution in [1.82, 2.24) is 0 Å². The van der Waals surface area contributed by atoms with Gasteiger partial charge in [0.25, 0.3) is 0 Å². The maximum Gasteiger partial charge on any atom is 0.148 e. The van der Waals surface area contributed by atoms with E-state index in [0.717, 1.165) is 36.5 Å². The lowest BCUT2D eigenvalue weighted by atomic mass is 10.2. The first-order chi connectivity index (χ1) is 12.5. The number of rotatable bonds is 6. The zero-order valence-corrected chi connectivity index (χ0v) is 18.3. The lowest BCUT2D eigenvalue weighted by Gasteiger charge is -2.13. The van der Waals surface area contributed by atoms with Crippen LogP contribution in [0.25, 0.3) is 0 Å². The van der Waals surface area contributed by atoms with Crippen molar-refractivity contribution in [3.8, 4) is 5.75 Å². The lowest BCUT2D eigenvalue weighted by Crippen LogP contribution is -2.01. The Morgan fingerprint density at radius 3 is 1.88 bits per heavy atom. The second kappa shape index (κ2) is 9.14. The molecule has 3 rings (SSSR count). The molecule has 0 fully saturated rings. The number of hydrogen-bond acceptors (Lipinski definition) is 2. The summed E-state index contributed by atoms with van der Waals surface area (Å²) in [6, 6.07) is 19.4. The van der Waals surface area contributed by atoms with Crippen LogP contribution in [0.3, 0.4) is 0 Å². The highest BCUT2D eigenvalue weighted by Gasteiger charge is 2.10. The third kappa shape index (κ3) is 5.40. The molecule has 3 aromatic rings. The van der Waals surface area contributed by atoms with Gasteiger partial charge in [-0.1, -0.05) is 35.3 Å². The van der Waals surface area contributed by atoms with Crippen molar-refractivity contribution in [2.45, 2.75) is 13.2 Å². The Hall–Kier alpha value is -1.20. The molecule has 0 unspecified atom stereocenters. The van der Waals surface area contributed by atoms with Crippen molar-refractivity contribution in [3.05, 3.63) is 90.8 Å². The van der Waals surface area contributed by atoms with Crippen molar-refractivity contribution in [3.63, 3.8) is 0 Å². The van der Waals surface area contributed by atoms with Gasteiger partial charge in [0.2, 0.25) is 0 Å². The topological polar surface area (TPSA) is 21.3 Å². The van der Waals surface area contributed by atoms with Gasteiger partial charge in [-0.25, -0.2) is 0 Å². The molecule has 0 aliphatic heterocycles. The molecule has 0 aromatic heterocycles. The molecular formula is C20H15Br2Cl2NO. The summed E-state index contributed by atoms with van der Waals surface area (Å²) >= 11 is 19.0. The van der Waals surface area contributed by atoms with Crippen LogP contribution in [-0.2, 0) is 13.2 Å². The summed E-state index contributed by atoms with van der Waals surface area (Å²) in [6.07, 6.45) is 0. The molecule has 3 aromatic carbocycles. The van der Waals surface area contributed by atoms with Gasteiger partial charge in [-0.05, 0) is 91.5 Å². The lowest BCUT2D eigenvalue weighted by molar-refractivity contribution is 0.302. The highest BCUT2D eigenvalue weighted by atomic mass is 79.9. The monoisotopic (exact) mass is 513 g/mol. The van der Waals surface area contributed by atoms with Crippen LogP contribution < -0.4 is 10.1 Å². The smallest absolute Gasteiger partial charge is 0.148 e. The van der Waals surface area contributed by atoms with Gasteiger partial charge >= 0.3 is 0 Å². The van der Waals surface area contributed by atoms with Crippen molar-refractivity contribution in [2.24, 2.45) is 0 Å². The molecule has 0 aliphatic rings. The van der Waals surface area contributed by atoms with Crippen molar-refractivity contribution in [2.75, 3.05) is 5.32 Å². The summed E-state index contributed by atoms with van der Waals surface area (Å²) in [5.74, 6) is 0.773. The number of nitrogens with one attached hydrogen (secondary N) is 1. The van der Waals surface area contributed by atoms with Crippen LogP contribution in [0, 0.1) is 0 Å². The van der Waals surface area contributed by atoms with Gasteiger partial charge in [0, 0.05) is 22.3 Å². The summed E-state index contributed by atoms with van der Waals surface area (Å²) < 4.78 is 7.75. The maximum atomic E-state index is 5.95. The molecule has 0 bridgehead atoms. The third-order valence-corrected chi connectivity index (χ3v) is 5.38. The average molecular weight is 516 g/mol. The maximum absolute atomic E-state index is 5.95. The Morgan fingerprint density at radius 1 is 0.769 bits per heavy atom. The fraction of sp³-hybridized carbons (Fsp3) is 0.100. The van der Waals surface area contributed by atoms with E-state index in [1.54, 1.807) is 0 Å². The summed E-state index contributed by atoms with van der Waals surface area (Å²) in [5.41, 5.74) is 3.20. The van der Waals surface area contributed by atoms with E-state index in [1.807, 2.05) is 60.7 Å². The first-order valence-corrected chi connectivity index (χ1v) is 10.2. The Bertz CT molecular complexity index is 860. The molecule has 134 valence electrons. The minimum atomic E-state index is 0.469. The summed E-state index contributed by atoms with van der Waals surface area (Å²) in [6.45, 7) is 1.16. The highest BCUT2D eigenvalue weighted by Crippen LogP contribution is 2.35. The van der Waals surface area contributed by atoms with Crippen LogP contribution in [0.1, 0.15) is 11.1 Å². The van der Waals surface area contributed by atoms with Crippen LogP contribution in [-0.4, -0.2) is 0 Å². The molecule has 0 saturated heterocycles. The second-order valence-electron chi connectivity index (χ2n) is 5.66. The van der Waals surface area contributed by atoms with E-state index >= 15 is 0 Å². The molecule has 0 atom stereocenters. The summed E-state index contributed by atoms with van der Waals surface area (Å²) in [4.78, 5) is 0. The summed E-state index contributed by atoms with van der Waals surface area (Å²) in [5, 5.41) is 4.81. The Labute approximate surface area is 179 Å². The zero-order valence-electron chi connectivity index (χ0n) is 13.6. The van der Waals surface area contributed by atoms with Gasteiger partial charge in [-0.15, -0.1) is 0 Å². The average Bonchev–Trinajstić information content (AvgIpc) is 2.62. The van der Waals surface area contributed by atoms with Crippen LogP contribution >= 0.6 is 55.1 Å². The first-order valence-electron chi connectivity index (χ1n) is 7.86. The predicted molar refractivity (Wildman–Crippen MR) is 116 cm³/mol. The third-order valence-electron chi connectivity index (χ3n) is 3.70. The van der Waals surface area contributed by atoms with Gasteiger partial charge in [0.05, 0.1) is 8.95 Å². The molecule has 26 heavy (non-hydrogen) atoms. The Balaban J connectivity index is 1.65. The number of hydrogen-bond donors (Lipinski definition) is 1. The fourth-order valence-electron chi connectivity index (χ4n) is 2.36. The highest BCUT2D eigenvalue weighted by molar-refractivity contribution is 9.11. The molecule has 1 N–H and O–H groups in total. The molecule has 2 nitrogen and oxygen atoms in total. The Kier molecular flexibility index (Phi) is 6.87. The molecular weight excluding hydrogens is 501 g/mol. The standard InChI is InChI=1S/C20H15Br2Cl2NO/c21-18-9-14(11-25-17-7-5-16(24)6-8-17)10-19(22)20(18)26-12-13-1-3-15(23)4-2-13/h1-10,25H,11-12H2. The zero-order chi connectivity index (χ0) is 18.5. The SMILES string of the molecule is Clc1ccc(COc2c(Br)cc(CNc3ccc(Cl)cc3)cc2Br)cc1. The van der Waals surface area contributed by atoms with Crippen LogP contribution in [0.4, 0.5) is 5.69 Å². The van der Waals surface area contributed by atoms with E-state index in [2.05, 4.69) is 37.2 Å². The molecule has 0 radical (unpaired) electrons. The normalized spacial score (nSPS) is 10.6. The van der Waals surface area contributed by atoms with E-state index in [-0.39, 0.29) is 0 Å².